The molecule has 0 atom stereocenters. The summed E-state index contributed by atoms with van der Waals surface area (Å²) in [6.07, 6.45) is 2.21. The highest BCUT2D eigenvalue weighted by Gasteiger charge is 2.28. The van der Waals surface area contributed by atoms with Gasteiger partial charge in [-0.25, -0.2) is 13.4 Å². The van der Waals surface area contributed by atoms with Crippen LogP contribution in [0, 0.1) is 0 Å². The summed E-state index contributed by atoms with van der Waals surface area (Å²) in [5.41, 5.74) is 1.06. The molecule has 8 heteroatoms. The van der Waals surface area contributed by atoms with Crippen LogP contribution in [0.15, 0.2) is 64.5 Å². The van der Waals surface area contributed by atoms with E-state index in [0.717, 1.165) is 42.7 Å². The summed E-state index contributed by atoms with van der Waals surface area (Å²) in [7, 11) is -3.81. The summed E-state index contributed by atoms with van der Waals surface area (Å²) in [4.78, 5) is 7.11. The quantitative estimate of drug-likeness (QED) is 0.544. The van der Waals surface area contributed by atoms with Gasteiger partial charge in [0.05, 0.1) is 10.4 Å². The van der Waals surface area contributed by atoms with Crippen molar-refractivity contribution in [1.29, 1.82) is 0 Å². The number of fused-ring (bicyclic) bond motifs is 3. The molecule has 2 aromatic heterocycles. The molecule has 1 saturated heterocycles. The van der Waals surface area contributed by atoms with Crippen LogP contribution in [0.1, 0.15) is 12.8 Å². The second kappa shape index (κ2) is 6.02. The van der Waals surface area contributed by atoms with Crippen LogP contribution in [-0.2, 0) is 9.84 Å². The van der Waals surface area contributed by atoms with E-state index in [9.17, 15) is 8.42 Å². The highest BCUT2D eigenvalue weighted by Crippen LogP contribution is 2.31. The molecule has 27 heavy (non-hydrogen) atoms. The van der Waals surface area contributed by atoms with Crippen LogP contribution < -0.4 is 4.90 Å². The zero-order chi connectivity index (χ0) is 18.4. The summed E-state index contributed by atoms with van der Waals surface area (Å²) in [6.45, 7) is 1.82. The van der Waals surface area contributed by atoms with E-state index in [1.165, 1.54) is 4.52 Å². The van der Waals surface area contributed by atoms with E-state index in [1.54, 1.807) is 30.3 Å². The van der Waals surface area contributed by atoms with Crippen LogP contribution in [-0.4, -0.2) is 41.3 Å². The summed E-state index contributed by atoms with van der Waals surface area (Å²) in [5.74, 6) is 0.794. The molecule has 5 rings (SSSR count). The zero-order valence-corrected chi connectivity index (χ0v) is 15.3. The topological polar surface area (TPSA) is 80.5 Å². The number of rotatable bonds is 3. The van der Waals surface area contributed by atoms with Gasteiger partial charge < -0.3 is 4.90 Å². The van der Waals surface area contributed by atoms with Crippen molar-refractivity contribution in [1.82, 2.24) is 19.8 Å². The van der Waals surface area contributed by atoms with Gasteiger partial charge in [0.15, 0.2) is 5.65 Å². The Balaban J connectivity index is 1.81. The molecule has 136 valence electrons. The fourth-order valence-corrected chi connectivity index (χ4v) is 4.84. The Morgan fingerprint density at radius 1 is 0.889 bits per heavy atom. The fourth-order valence-electron chi connectivity index (χ4n) is 3.58. The minimum absolute atomic E-state index is 0.111. The Morgan fingerprint density at radius 2 is 1.59 bits per heavy atom. The van der Waals surface area contributed by atoms with Crippen molar-refractivity contribution in [2.75, 3.05) is 18.0 Å². The average Bonchev–Trinajstić information content (AvgIpc) is 3.38. The van der Waals surface area contributed by atoms with Crippen LogP contribution >= 0.6 is 0 Å². The van der Waals surface area contributed by atoms with Crippen LogP contribution in [0.2, 0.25) is 0 Å². The standard InChI is InChI=1S/C19H17N5O2S/c25-27(26,14-8-2-1-3-9-14)19-18-20-17(23-12-6-7-13-23)15-10-4-5-11-16(15)24(18)22-21-19/h1-5,8-11H,6-7,12-13H2. The number of hydrogen-bond donors (Lipinski definition) is 0. The van der Waals surface area contributed by atoms with Crippen molar-refractivity contribution in [2.45, 2.75) is 22.8 Å². The molecule has 0 aliphatic carbocycles. The lowest BCUT2D eigenvalue weighted by molar-refractivity contribution is 0.592. The molecule has 1 fully saturated rings. The van der Waals surface area contributed by atoms with Gasteiger partial charge >= 0.3 is 0 Å². The first kappa shape index (κ1) is 16.2. The summed E-state index contributed by atoms with van der Waals surface area (Å²) in [6, 6.07) is 16.0. The van der Waals surface area contributed by atoms with Gasteiger partial charge in [-0.3, -0.25) is 0 Å². The van der Waals surface area contributed by atoms with Crippen molar-refractivity contribution in [3.63, 3.8) is 0 Å². The predicted molar refractivity (Wildman–Crippen MR) is 102 cm³/mol. The molecule has 0 saturated carbocycles. The first-order valence-corrected chi connectivity index (χ1v) is 10.3. The third kappa shape index (κ3) is 2.48. The van der Waals surface area contributed by atoms with Crippen molar-refractivity contribution in [2.24, 2.45) is 0 Å². The molecule has 3 heterocycles. The lowest BCUT2D eigenvalue weighted by Gasteiger charge is -2.18. The maximum absolute atomic E-state index is 13.1. The first-order chi connectivity index (χ1) is 13.2. The highest BCUT2D eigenvalue weighted by atomic mass is 32.2. The Labute approximate surface area is 156 Å². The largest absolute Gasteiger partial charge is 0.356 e. The molecule has 1 aliphatic rings. The minimum Gasteiger partial charge on any atom is -0.356 e. The van der Waals surface area contributed by atoms with E-state index in [4.69, 9.17) is 4.98 Å². The molecule has 2 aromatic carbocycles. The monoisotopic (exact) mass is 379 g/mol. The molecule has 0 radical (unpaired) electrons. The highest BCUT2D eigenvalue weighted by molar-refractivity contribution is 7.91. The van der Waals surface area contributed by atoms with Crippen molar-refractivity contribution < 1.29 is 8.42 Å². The SMILES string of the molecule is O=S(=O)(c1ccccc1)c1nnn2c1nc(N1CCCC1)c1ccccc12. The van der Waals surface area contributed by atoms with E-state index in [0.29, 0.717) is 0 Å². The van der Waals surface area contributed by atoms with Gasteiger partial charge in [0, 0.05) is 18.5 Å². The Kier molecular flexibility index (Phi) is 3.61. The summed E-state index contributed by atoms with van der Waals surface area (Å²) in [5, 5.41) is 8.95. The van der Waals surface area contributed by atoms with Crippen molar-refractivity contribution in [3.05, 3.63) is 54.6 Å². The van der Waals surface area contributed by atoms with Crippen LogP contribution in [0.5, 0.6) is 0 Å². The normalized spacial score (nSPS) is 15.0. The van der Waals surface area contributed by atoms with Gasteiger partial charge in [-0.2, -0.15) is 4.52 Å². The summed E-state index contributed by atoms with van der Waals surface area (Å²) >= 11 is 0. The van der Waals surface area contributed by atoms with Gasteiger partial charge in [-0.15, -0.1) is 5.10 Å². The zero-order valence-electron chi connectivity index (χ0n) is 14.5. The number of anilines is 1. The maximum Gasteiger partial charge on any atom is 0.229 e. The van der Waals surface area contributed by atoms with Gasteiger partial charge in [-0.1, -0.05) is 35.5 Å². The first-order valence-electron chi connectivity index (χ1n) is 8.85. The van der Waals surface area contributed by atoms with E-state index in [2.05, 4.69) is 15.2 Å². The molecule has 0 spiro atoms. The number of para-hydroxylation sites is 1. The van der Waals surface area contributed by atoms with Gasteiger partial charge in [0.1, 0.15) is 5.82 Å². The third-order valence-corrected chi connectivity index (χ3v) is 6.58. The van der Waals surface area contributed by atoms with Crippen LogP contribution in [0.3, 0.4) is 0 Å². The lowest BCUT2D eigenvalue weighted by atomic mass is 10.2. The van der Waals surface area contributed by atoms with Crippen LogP contribution in [0.25, 0.3) is 16.6 Å². The molecule has 0 bridgehead atoms. The number of sulfone groups is 1. The minimum atomic E-state index is -3.81. The Morgan fingerprint density at radius 3 is 2.37 bits per heavy atom. The fraction of sp³-hybridized carbons (Fsp3) is 0.211. The molecule has 0 N–H and O–H groups in total. The second-order valence-corrected chi connectivity index (χ2v) is 8.46. The molecule has 0 unspecified atom stereocenters. The number of benzene rings is 2. The molecule has 0 amide bonds. The average molecular weight is 379 g/mol. The van der Waals surface area contributed by atoms with E-state index in [1.807, 2.05) is 24.3 Å². The van der Waals surface area contributed by atoms with Gasteiger partial charge in [-0.05, 0) is 37.1 Å². The molecular weight excluding hydrogens is 362 g/mol. The smallest absolute Gasteiger partial charge is 0.229 e. The molecule has 7 nitrogen and oxygen atoms in total. The van der Waals surface area contributed by atoms with Crippen molar-refractivity contribution in [3.8, 4) is 0 Å². The summed E-state index contributed by atoms with van der Waals surface area (Å²) < 4.78 is 27.7. The molecular formula is C19H17N5O2S. The maximum atomic E-state index is 13.1. The van der Waals surface area contributed by atoms with Gasteiger partial charge in [0.25, 0.3) is 0 Å². The van der Waals surface area contributed by atoms with Crippen molar-refractivity contribution >= 4 is 32.2 Å². The third-order valence-electron chi connectivity index (χ3n) is 4.92. The number of aromatic nitrogens is 4. The van der Waals surface area contributed by atoms with E-state index < -0.39 is 9.84 Å². The number of nitrogens with zero attached hydrogens (tertiary/aromatic N) is 5. The number of hydrogen-bond acceptors (Lipinski definition) is 6. The Hall–Kier alpha value is -3.00. The molecule has 4 aromatic rings. The predicted octanol–water partition coefficient (Wildman–Crippen LogP) is 2.71. The van der Waals surface area contributed by atoms with E-state index in [-0.39, 0.29) is 15.6 Å². The molecule has 1 aliphatic heterocycles. The van der Waals surface area contributed by atoms with Crippen LogP contribution in [0.4, 0.5) is 5.82 Å². The van der Waals surface area contributed by atoms with E-state index >= 15 is 0 Å². The Bertz CT molecular complexity index is 1250. The lowest BCUT2D eigenvalue weighted by Crippen LogP contribution is -2.20. The van der Waals surface area contributed by atoms with Gasteiger partial charge in [0.2, 0.25) is 14.9 Å². The second-order valence-electron chi connectivity index (χ2n) is 6.59.